The number of nitrogens with one attached hydrogen (secondary N) is 2. The summed E-state index contributed by atoms with van der Waals surface area (Å²) in [5.74, 6) is 0.307. The van der Waals surface area contributed by atoms with Crippen molar-refractivity contribution in [2.45, 2.75) is 33.0 Å². The molecule has 0 spiro atoms. The number of aryl methyl sites for hydroxylation is 3. The van der Waals surface area contributed by atoms with E-state index in [4.69, 9.17) is 0 Å². The van der Waals surface area contributed by atoms with Gasteiger partial charge in [-0.25, -0.2) is 4.98 Å². The van der Waals surface area contributed by atoms with Gasteiger partial charge in [0.15, 0.2) is 0 Å². The molecule has 3 aromatic rings. The molecule has 0 saturated heterocycles. The van der Waals surface area contributed by atoms with E-state index in [2.05, 4.69) is 20.7 Å². The predicted molar refractivity (Wildman–Crippen MR) is 114 cm³/mol. The minimum absolute atomic E-state index is 0.113. The molecule has 8 nitrogen and oxygen atoms in total. The zero-order valence-electron chi connectivity index (χ0n) is 17.2. The number of para-hydroxylation sites is 1. The predicted octanol–water partition coefficient (Wildman–Crippen LogP) is 2.80. The minimum Gasteiger partial charge on any atom is -0.335 e. The molecular formula is C22H24N6O2. The first-order valence-corrected chi connectivity index (χ1v) is 9.82. The summed E-state index contributed by atoms with van der Waals surface area (Å²) >= 11 is 0. The summed E-state index contributed by atoms with van der Waals surface area (Å²) in [7, 11) is 1.87. The van der Waals surface area contributed by atoms with Crippen LogP contribution in [0.25, 0.3) is 0 Å². The molecule has 1 atom stereocenters. The van der Waals surface area contributed by atoms with Gasteiger partial charge in [-0.3, -0.25) is 14.3 Å². The number of carbonyl (C=O) groups excluding carboxylic acids is 2. The van der Waals surface area contributed by atoms with Crippen LogP contribution < -0.4 is 15.5 Å². The SMILES string of the molecule is Cc1cc(C)n(CCC(=O)Nc2ccccc2[C@@H]2NC(=O)c3cccnc3N2C)n1. The fourth-order valence-corrected chi connectivity index (χ4v) is 3.73. The molecule has 1 aromatic carbocycles. The van der Waals surface area contributed by atoms with Crippen LogP contribution in [0, 0.1) is 13.8 Å². The molecule has 0 unspecified atom stereocenters. The fourth-order valence-electron chi connectivity index (χ4n) is 3.73. The lowest BCUT2D eigenvalue weighted by Crippen LogP contribution is -2.45. The highest BCUT2D eigenvalue weighted by molar-refractivity contribution is 6.01. The average molecular weight is 404 g/mol. The van der Waals surface area contributed by atoms with Gasteiger partial charge in [0.2, 0.25) is 5.91 Å². The van der Waals surface area contributed by atoms with Crippen LogP contribution in [0.1, 0.15) is 39.9 Å². The molecule has 8 heteroatoms. The van der Waals surface area contributed by atoms with Crippen molar-refractivity contribution in [3.8, 4) is 0 Å². The summed E-state index contributed by atoms with van der Waals surface area (Å²) in [6, 6.07) is 12.9. The number of fused-ring (bicyclic) bond motifs is 1. The van der Waals surface area contributed by atoms with E-state index in [1.165, 1.54) is 0 Å². The van der Waals surface area contributed by atoms with Crippen molar-refractivity contribution < 1.29 is 9.59 Å². The maximum Gasteiger partial charge on any atom is 0.256 e. The molecule has 0 fully saturated rings. The minimum atomic E-state index is -0.438. The van der Waals surface area contributed by atoms with Crippen LogP contribution in [0.15, 0.2) is 48.7 Å². The molecule has 0 aliphatic carbocycles. The summed E-state index contributed by atoms with van der Waals surface area (Å²) in [5, 5.41) is 10.4. The van der Waals surface area contributed by atoms with Crippen LogP contribution in [-0.2, 0) is 11.3 Å². The molecule has 154 valence electrons. The first-order valence-electron chi connectivity index (χ1n) is 9.82. The summed E-state index contributed by atoms with van der Waals surface area (Å²) in [5.41, 5.74) is 3.95. The van der Waals surface area contributed by atoms with Crippen LogP contribution in [0.4, 0.5) is 11.5 Å². The maximum atomic E-state index is 12.6. The third-order valence-corrected chi connectivity index (χ3v) is 5.20. The van der Waals surface area contributed by atoms with E-state index < -0.39 is 6.17 Å². The number of hydrogen-bond acceptors (Lipinski definition) is 5. The molecule has 0 saturated carbocycles. The Hall–Kier alpha value is -3.68. The van der Waals surface area contributed by atoms with Crippen LogP contribution in [0.5, 0.6) is 0 Å². The zero-order valence-corrected chi connectivity index (χ0v) is 17.2. The third kappa shape index (κ3) is 3.76. The van der Waals surface area contributed by atoms with Crippen molar-refractivity contribution in [2.24, 2.45) is 0 Å². The highest BCUT2D eigenvalue weighted by atomic mass is 16.2. The molecule has 4 rings (SSSR count). The summed E-state index contributed by atoms with van der Waals surface area (Å²) < 4.78 is 1.83. The third-order valence-electron chi connectivity index (χ3n) is 5.20. The Labute approximate surface area is 174 Å². The van der Waals surface area contributed by atoms with E-state index >= 15 is 0 Å². The summed E-state index contributed by atoms with van der Waals surface area (Å²) in [6.45, 7) is 4.41. The smallest absolute Gasteiger partial charge is 0.256 e. The Morgan fingerprint density at radius 3 is 2.77 bits per heavy atom. The van der Waals surface area contributed by atoms with Gasteiger partial charge in [-0.1, -0.05) is 18.2 Å². The van der Waals surface area contributed by atoms with Gasteiger partial charge in [0.1, 0.15) is 12.0 Å². The summed E-state index contributed by atoms with van der Waals surface area (Å²) in [4.78, 5) is 31.4. The standard InChI is InChI=1S/C22H24N6O2/c1-14-13-15(2)28(26-14)12-10-19(29)24-18-9-5-4-7-16(18)21-25-22(30)17-8-6-11-23-20(17)27(21)3/h4-9,11,13,21H,10,12H2,1-3H3,(H,24,29)(H,25,30)/t21-/m1/s1. The topological polar surface area (TPSA) is 92.2 Å². The Kier molecular flexibility index (Phi) is 5.22. The number of pyridine rings is 1. The van der Waals surface area contributed by atoms with Gasteiger partial charge >= 0.3 is 0 Å². The van der Waals surface area contributed by atoms with Crippen LogP contribution >= 0.6 is 0 Å². The first-order chi connectivity index (χ1) is 14.4. The molecule has 3 heterocycles. The lowest BCUT2D eigenvalue weighted by molar-refractivity contribution is -0.116. The second-order valence-electron chi connectivity index (χ2n) is 7.40. The number of carbonyl (C=O) groups is 2. The van der Waals surface area contributed by atoms with Gasteiger partial charge in [-0.2, -0.15) is 5.10 Å². The largest absolute Gasteiger partial charge is 0.335 e. The van der Waals surface area contributed by atoms with E-state index in [-0.39, 0.29) is 11.8 Å². The van der Waals surface area contributed by atoms with Gasteiger partial charge in [0.05, 0.1) is 11.3 Å². The van der Waals surface area contributed by atoms with E-state index in [0.717, 1.165) is 17.0 Å². The second-order valence-corrected chi connectivity index (χ2v) is 7.40. The number of amides is 2. The van der Waals surface area contributed by atoms with Gasteiger partial charge in [-0.05, 0) is 38.1 Å². The highest BCUT2D eigenvalue weighted by Gasteiger charge is 2.31. The quantitative estimate of drug-likeness (QED) is 0.682. The Bertz CT molecular complexity index is 1110. The normalized spacial score (nSPS) is 15.5. The van der Waals surface area contributed by atoms with Gasteiger partial charge in [0, 0.05) is 43.2 Å². The fraction of sp³-hybridized carbons (Fsp3) is 0.273. The van der Waals surface area contributed by atoms with E-state index in [1.807, 2.05) is 60.8 Å². The van der Waals surface area contributed by atoms with Crippen LogP contribution in [0.3, 0.4) is 0 Å². The molecule has 0 radical (unpaired) electrons. The molecule has 0 bridgehead atoms. The van der Waals surface area contributed by atoms with Crippen LogP contribution in [-0.4, -0.2) is 33.6 Å². The van der Waals surface area contributed by atoms with E-state index in [1.54, 1.807) is 18.3 Å². The van der Waals surface area contributed by atoms with Crippen molar-refractivity contribution in [1.29, 1.82) is 0 Å². The van der Waals surface area contributed by atoms with Crippen molar-refractivity contribution in [3.05, 3.63) is 71.2 Å². The molecule has 2 aromatic heterocycles. The van der Waals surface area contributed by atoms with Gasteiger partial charge < -0.3 is 15.5 Å². The molecule has 1 aliphatic heterocycles. The monoisotopic (exact) mass is 404 g/mol. The van der Waals surface area contributed by atoms with Gasteiger partial charge in [0.25, 0.3) is 5.91 Å². The number of rotatable bonds is 5. The maximum absolute atomic E-state index is 12.6. The van der Waals surface area contributed by atoms with Crippen molar-refractivity contribution in [1.82, 2.24) is 20.1 Å². The zero-order chi connectivity index (χ0) is 21.3. The van der Waals surface area contributed by atoms with Crippen LogP contribution in [0.2, 0.25) is 0 Å². The summed E-state index contributed by atoms with van der Waals surface area (Å²) in [6.07, 6.45) is 1.53. The number of aromatic nitrogens is 3. The van der Waals surface area contributed by atoms with Crippen molar-refractivity contribution in [2.75, 3.05) is 17.3 Å². The van der Waals surface area contributed by atoms with Gasteiger partial charge in [-0.15, -0.1) is 0 Å². The molecule has 30 heavy (non-hydrogen) atoms. The number of hydrogen-bond donors (Lipinski definition) is 2. The van der Waals surface area contributed by atoms with E-state index in [9.17, 15) is 9.59 Å². The number of benzene rings is 1. The lowest BCUT2D eigenvalue weighted by Gasteiger charge is -2.36. The first kappa shape index (κ1) is 19.6. The molecule has 2 N–H and O–H groups in total. The number of nitrogens with zero attached hydrogens (tertiary/aromatic N) is 4. The Morgan fingerprint density at radius 1 is 1.20 bits per heavy atom. The highest BCUT2D eigenvalue weighted by Crippen LogP contribution is 2.33. The van der Waals surface area contributed by atoms with E-state index in [0.29, 0.717) is 30.0 Å². The average Bonchev–Trinajstić information content (AvgIpc) is 3.07. The second kappa shape index (κ2) is 7.98. The number of anilines is 2. The van der Waals surface area contributed by atoms with Crippen molar-refractivity contribution in [3.63, 3.8) is 0 Å². The molecule has 2 amide bonds. The lowest BCUT2D eigenvalue weighted by atomic mass is 10.0. The van der Waals surface area contributed by atoms with Crippen molar-refractivity contribution >= 4 is 23.3 Å². The molecule has 1 aliphatic rings. The Balaban J connectivity index is 1.52. The Morgan fingerprint density at radius 2 is 2.00 bits per heavy atom. The molecular weight excluding hydrogens is 380 g/mol.